The summed E-state index contributed by atoms with van der Waals surface area (Å²) in [4.78, 5) is 14.1. The number of phenolic OH excluding ortho intramolecular Hbond substituents is 1. The summed E-state index contributed by atoms with van der Waals surface area (Å²) < 4.78 is 0. The van der Waals surface area contributed by atoms with Crippen molar-refractivity contribution in [2.75, 3.05) is 26.2 Å². The molecule has 1 saturated heterocycles. The van der Waals surface area contributed by atoms with Gasteiger partial charge in [-0.3, -0.25) is 15.0 Å². The summed E-state index contributed by atoms with van der Waals surface area (Å²) in [6.45, 7) is 5.06. The van der Waals surface area contributed by atoms with Gasteiger partial charge in [-0.25, -0.2) is 0 Å². The first-order valence-electron chi connectivity index (χ1n) is 7.54. The first kappa shape index (κ1) is 21.7. The molecular weight excluding hydrogens is 385 g/mol. The van der Waals surface area contributed by atoms with Crippen LogP contribution >= 0.6 is 36.2 Å². The van der Waals surface area contributed by atoms with E-state index < -0.39 is 4.92 Å². The number of hydrogen-bond acceptors (Lipinski definition) is 6. The first-order chi connectivity index (χ1) is 11.1. The van der Waals surface area contributed by atoms with Crippen molar-refractivity contribution in [3.05, 3.63) is 55.8 Å². The van der Waals surface area contributed by atoms with Crippen LogP contribution in [-0.2, 0) is 0 Å². The first-order valence-corrected chi connectivity index (χ1v) is 8.42. The highest BCUT2D eigenvalue weighted by Crippen LogP contribution is 2.42. The number of nitro groups is 1. The zero-order chi connectivity index (χ0) is 16.4. The van der Waals surface area contributed by atoms with Gasteiger partial charge in [0.15, 0.2) is 5.75 Å². The lowest BCUT2D eigenvalue weighted by atomic mass is 9.98. The van der Waals surface area contributed by atoms with Gasteiger partial charge in [0.1, 0.15) is 0 Å². The Morgan fingerprint density at radius 2 is 1.96 bits per heavy atom. The number of halogens is 2. The number of piperazine rings is 1. The van der Waals surface area contributed by atoms with E-state index >= 15 is 0 Å². The molecule has 9 heteroatoms. The molecule has 0 radical (unpaired) electrons. The van der Waals surface area contributed by atoms with Crippen LogP contribution in [0.4, 0.5) is 5.69 Å². The summed E-state index contributed by atoms with van der Waals surface area (Å²) in [7, 11) is 0. The maximum atomic E-state index is 11.3. The number of aromatic hydroxyl groups is 1. The third kappa shape index (κ3) is 4.43. The van der Waals surface area contributed by atoms with E-state index in [1.54, 1.807) is 24.3 Å². The van der Waals surface area contributed by atoms with E-state index in [1.807, 2.05) is 23.6 Å². The quantitative estimate of drug-likeness (QED) is 0.600. The van der Waals surface area contributed by atoms with Crippen LogP contribution in [0.25, 0.3) is 0 Å². The number of benzene rings is 1. The Bertz CT molecular complexity index is 707. The second-order valence-electron chi connectivity index (χ2n) is 5.63. The van der Waals surface area contributed by atoms with Gasteiger partial charge in [-0.05, 0) is 18.4 Å². The predicted octanol–water partition coefficient (Wildman–Crippen LogP) is 3.51. The molecule has 1 atom stereocenters. The summed E-state index contributed by atoms with van der Waals surface area (Å²) in [5, 5.41) is 27.2. The lowest BCUT2D eigenvalue weighted by Crippen LogP contribution is -2.45. The van der Waals surface area contributed by atoms with Gasteiger partial charge in [0, 0.05) is 42.2 Å². The number of nitrogens with zero attached hydrogens (tertiary/aromatic N) is 2. The van der Waals surface area contributed by atoms with Crippen LogP contribution in [0.1, 0.15) is 22.0 Å². The lowest BCUT2D eigenvalue weighted by Gasteiger charge is -2.35. The fourth-order valence-electron chi connectivity index (χ4n) is 3.06. The summed E-state index contributed by atoms with van der Waals surface area (Å²) >= 11 is 1.60. The number of nitrogens with one attached hydrogen (secondary N) is 1. The molecule has 2 heterocycles. The van der Waals surface area contributed by atoms with Gasteiger partial charge < -0.3 is 10.4 Å². The van der Waals surface area contributed by atoms with E-state index in [0.717, 1.165) is 31.1 Å². The molecule has 0 bridgehead atoms. The average Bonchev–Trinajstić information content (AvgIpc) is 3.05. The fourth-order valence-corrected chi connectivity index (χ4v) is 3.94. The van der Waals surface area contributed by atoms with Crippen molar-refractivity contribution in [3.8, 4) is 5.75 Å². The number of rotatable bonds is 4. The Hall–Kier alpha value is -1.38. The Labute approximate surface area is 162 Å². The molecule has 0 spiro atoms. The Morgan fingerprint density at radius 3 is 2.52 bits per heavy atom. The standard InChI is InChI=1S/C16H19N3O3S.2ClH/c1-11-4-5-12(16(20)14(11)19(21)22)15(13-3-2-10-23-13)18-8-6-17-7-9-18;;/h2-5,10,15,17,20H,6-9H2,1H3;2*1H/t15-;;/m0../s1. The maximum Gasteiger partial charge on any atom is 0.313 e. The second-order valence-corrected chi connectivity index (χ2v) is 6.61. The van der Waals surface area contributed by atoms with Gasteiger partial charge in [-0.15, -0.1) is 36.2 Å². The van der Waals surface area contributed by atoms with Gasteiger partial charge in [0.05, 0.1) is 11.0 Å². The van der Waals surface area contributed by atoms with Crippen molar-refractivity contribution in [2.24, 2.45) is 0 Å². The van der Waals surface area contributed by atoms with E-state index in [0.29, 0.717) is 11.1 Å². The van der Waals surface area contributed by atoms with Gasteiger partial charge in [-0.1, -0.05) is 18.2 Å². The van der Waals surface area contributed by atoms with Gasteiger partial charge >= 0.3 is 5.69 Å². The zero-order valence-corrected chi connectivity index (χ0v) is 16.1. The molecule has 2 N–H and O–H groups in total. The smallest absolute Gasteiger partial charge is 0.313 e. The largest absolute Gasteiger partial charge is 0.502 e. The van der Waals surface area contributed by atoms with E-state index in [-0.39, 0.29) is 42.3 Å². The Balaban J connectivity index is 0.00000156. The van der Waals surface area contributed by atoms with E-state index in [4.69, 9.17) is 0 Å². The molecule has 1 aliphatic heterocycles. The van der Waals surface area contributed by atoms with Crippen LogP contribution in [0.15, 0.2) is 29.6 Å². The normalized spacial score (nSPS) is 15.7. The molecule has 25 heavy (non-hydrogen) atoms. The molecule has 0 amide bonds. The monoisotopic (exact) mass is 405 g/mol. The number of aryl methyl sites for hydroxylation is 1. The van der Waals surface area contributed by atoms with E-state index in [2.05, 4.69) is 10.2 Å². The summed E-state index contributed by atoms with van der Waals surface area (Å²) in [6, 6.07) is 7.36. The lowest BCUT2D eigenvalue weighted by molar-refractivity contribution is -0.386. The zero-order valence-electron chi connectivity index (χ0n) is 13.7. The SMILES string of the molecule is Cc1ccc([C@@H](c2cccs2)N2CCNCC2)c(O)c1[N+](=O)[O-].Cl.Cl. The third-order valence-corrected chi connectivity index (χ3v) is 5.12. The molecule has 6 nitrogen and oxygen atoms in total. The summed E-state index contributed by atoms with van der Waals surface area (Å²) in [5.41, 5.74) is 0.882. The topological polar surface area (TPSA) is 78.6 Å². The number of hydrogen-bond donors (Lipinski definition) is 2. The van der Waals surface area contributed by atoms with Crippen LogP contribution in [-0.4, -0.2) is 41.1 Å². The summed E-state index contributed by atoms with van der Waals surface area (Å²) in [6.07, 6.45) is 0. The fraction of sp³-hybridized carbons (Fsp3) is 0.375. The van der Waals surface area contributed by atoms with Gasteiger partial charge in [0.25, 0.3) is 0 Å². The van der Waals surface area contributed by atoms with Crippen LogP contribution in [0.5, 0.6) is 5.75 Å². The second kappa shape index (κ2) is 9.35. The minimum absolute atomic E-state index is 0. The number of nitro benzene ring substituents is 1. The number of phenols is 1. The average molecular weight is 406 g/mol. The molecule has 3 rings (SSSR count). The van der Waals surface area contributed by atoms with Crippen molar-refractivity contribution in [1.29, 1.82) is 0 Å². The Morgan fingerprint density at radius 1 is 1.28 bits per heavy atom. The molecular formula is C16H21Cl2N3O3S. The van der Waals surface area contributed by atoms with Crippen LogP contribution < -0.4 is 5.32 Å². The molecule has 138 valence electrons. The van der Waals surface area contributed by atoms with Crippen molar-refractivity contribution in [1.82, 2.24) is 10.2 Å². The molecule has 1 aliphatic rings. The molecule has 1 fully saturated rings. The van der Waals surface area contributed by atoms with Crippen molar-refractivity contribution in [3.63, 3.8) is 0 Å². The highest BCUT2D eigenvalue weighted by atomic mass is 35.5. The van der Waals surface area contributed by atoms with Crippen molar-refractivity contribution in [2.45, 2.75) is 13.0 Å². The maximum absolute atomic E-state index is 11.3. The molecule has 1 aromatic heterocycles. The molecule has 2 aromatic rings. The number of thiophene rings is 1. The minimum atomic E-state index is -0.503. The van der Waals surface area contributed by atoms with Crippen molar-refractivity contribution < 1.29 is 10.0 Å². The van der Waals surface area contributed by atoms with Gasteiger partial charge in [0.2, 0.25) is 0 Å². The van der Waals surface area contributed by atoms with Crippen LogP contribution in [0.3, 0.4) is 0 Å². The molecule has 1 aromatic carbocycles. The summed E-state index contributed by atoms with van der Waals surface area (Å²) in [5.74, 6) is -0.216. The molecule has 0 saturated carbocycles. The van der Waals surface area contributed by atoms with Gasteiger partial charge in [-0.2, -0.15) is 0 Å². The minimum Gasteiger partial charge on any atom is -0.502 e. The van der Waals surface area contributed by atoms with Crippen LogP contribution in [0.2, 0.25) is 0 Å². The van der Waals surface area contributed by atoms with E-state index in [9.17, 15) is 15.2 Å². The highest BCUT2D eigenvalue weighted by molar-refractivity contribution is 7.10. The third-order valence-electron chi connectivity index (χ3n) is 4.19. The predicted molar refractivity (Wildman–Crippen MR) is 105 cm³/mol. The highest BCUT2D eigenvalue weighted by Gasteiger charge is 2.31. The van der Waals surface area contributed by atoms with Crippen LogP contribution in [0, 0.1) is 17.0 Å². The Kier molecular flexibility index (Phi) is 8.11. The molecule has 0 aliphatic carbocycles. The van der Waals surface area contributed by atoms with Crippen molar-refractivity contribution >= 4 is 41.8 Å². The molecule has 0 unspecified atom stereocenters. The van der Waals surface area contributed by atoms with E-state index in [1.165, 1.54) is 0 Å².